The van der Waals surface area contributed by atoms with Crippen molar-refractivity contribution >= 4 is 34.9 Å². The topological polar surface area (TPSA) is 191 Å². The van der Waals surface area contributed by atoms with Crippen molar-refractivity contribution in [2.75, 3.05) is 40.1 Å². The molecule has 2 fully saturated rings. The number of benzene rings is 1. The number of hydrogen-bond acceptors (Lipinski definition) is 10. The molecule has 3 aliphatic rings. The Morgan fingerprint density at radius 2 is 1.78 bits per heavy atom. The van der Waals surface area contributed by atoms with Gasteiger partial charge in [0.1, 0.15) is 11.7 Å². The van der Waals surface area contributed by atoms with Crippen molar-refractivity contribution < 1.29 is 39.3 Å². The van der Waals surface area contributed by atoms with Gasteiger partial charge in [-0.05, 0) is 64.6 Å². The first kappa shape index (κ1) is 26.9. The van der Waals surface area contributed by atoms with Crippen LogP contribution in [0.2, 0.25) is 0 Å². The summed E-state index contributed by atoms with van der Waals surface area (Å²) in [5.41, 5.74) is 3.17. The van der Waals surface area contributed by atoms with Crippen LogP contribution in [0.1, 0.15) is 22.3 Å². The van der Waals surface area contributed by atoms with Gasteiger partial charge in [0, 0.05) is 17.6 Å². The second-order valence-electron chi connectivity index (χ2n) is 10.7. The molecule has 2 amide bonds. The summed E-state index contributed by atoms with van der Waals surface area (Å²) in [6.45, 7) is 0.0782. The Labute approximate surface area is 213 Å². The molecule has 0 bridgehead atoms. The zero-order valence-electron chi connectivity index (χ0n) is 21.1. The third-order valence-electron chi connectivity index (χ3n) is 7.91. The normalized spacial score (nSPS) is 33.1. The number of carbonyl (C=O) groups is 5. The fraction of sp³-hybridized carbons (Fsp3) is 0.560. The third-order valence-corrected chi connectivity index (χ3v) is 7.91. The van der Waals surface area contributed by atoms with Crippen molar-refractivity contribution in [3.05, 3.63) is 23.3 Å². The number of hydrogen-bond donors (Lipinski definition) is 5. The molecule has 37 heavy (non-hydrogen) atoms. The third kappa shape index (κ3) is 4.04. The van der Waals surface area contributed by atoms with E-state index in [-0.39, 0.29) is 30.9 Å². The molecule has 1 aromatic rings. The van der Waals surface area contributed by atoms with Crippen LogP contribution < -0.4 is 11.1 Å². The Kier molecular flexibility index (Phi) is 6.74. The SMILES string of the molecule is CN(C)CC(=O)Nc1ccc(O)c2c1CC1CC3[C@H](N(C)C)C(O)C(C(N)=O)C(=O)[C@@]3(O)C(=O)C1C2=O. The van der Waals surface area contributed by atoms with Crippen LogP contribution in [0.25, 0.3) is 0 Å². The number of anilines is 1. The van der Waals surface area contributed by atoms with Gasteiger partial charge in [0.15, 0.2) is 23.0 Å². The second-order valence-corrected chi connectivity index (χ2v) is 10.7. The van der Waals surface area contributed by atoms with Crippen LogP contribution in [0.3, 0.4) is 0 Å². The number of primary amides is 1. The zero-order valence-corrected chi connectivity index (χ0v) is 21.1. The Morgan fingerprint density at radius 1 is 1.14 bits per heavy atom. The summed E-state index contributed by atoms with van der Waals surface area (Å²) >= 11 is 0. The van der Waals surface area contributed by atoms with Gasteiger partial charge in [-0.3, -0.25) is 24.0 Å². The molecule has 3 aliphatic carbocycles. The van der Waals surface area contributed by atoms with Crippen LogP contribution in [-0.4, -0.2) is 107 Å². The molecule has 4 rings (SSSR count). The van der Waals surface area contributed by atoms with Crippen molar-refractivity contribution in [3.8, 4) is 5.75 Å². The minimum absolute atomic E-state index is 0.00401. The zero-order chi connectivity index (χ0) is 27.6. The number of aliphatic hydroxyl groups is 2. The lowest BCUT2D eigenvalue weighted by molar-refractivity contribution is -0.190. The van der Waals surface area contributed by atoms with Crippen LogP contribution in [0, 0.1) is 23.7 Å². The average Bonchev–Trinajstić information content (AvgIpc) is 2.77. The highest BCUT2D eigenvalue weighted by Crippen LogP contribution is 2.52. The number of phenols is 1. The van der Waals surface area contributed by atoms with Crippen LogP contribution in [-0.2, 0) is 25.6 Å². The highest BCUT2D eigenvalue weighted by molar-refractivity contribution is 6.25. The predicted octanol–water partition coefficient (Wildman–Crippen LogP) is -1.84. The molecule has 0 spiro atoms. The molecule has 0 aromatic heterocycles. The first-order valence-electron chi connectivity index (χ1n) is 12.0. The molecule has 5 unspecified atom stereocenters. The molecule has 1 aromatic carbocycles. The number of Topliss-reactive ketones (excluding diaryl/α,β-unsaturated/α-hetero) is 3. The van der Waals surface area contributed by atoms with E-state index >= 15 is 0 Å². The monoisotopic (exact) mass is 516 g/mol. The van der Waals surface area contributed by atoms with Gasteiger partial charge in [-0.2, -0.15) is 0 Å². The molecule has 12 nitrogen and oxygen atoms in total. The number of fused-ring (bicyclic) bond motifs is 3. The number of nitrogens with one attached hydrogen (secondary N) is 1. The Balaban J connectivity index is 1.80. The maximum absolute atomic E-state index is 13.8. The number of nitrogens with two attached hydrogens (primary N) is 1. The molecule has 7 atom stereocenters. The van der Waals surface area contributed by atoms with Gasteiger partial charge >= 0.3 is 0 Å². The molecule has 12 heteroatoms. The number of carbonyl (C=O) groups excluding carboxylic acids is 5. The van der Waals surface area contributed by atoms with Crippen LogP contribution in [0.15, 0.2) is 12.1 Å². The molecule has 200 valence electrons. The molecule has 0 heterocycles. The number of phenolic OH excluding ortho intramolecular Hbond substituents is 1. The Hall–Kier alpha value is -3.19. The van der Waals surface area contributed by atoms with Gasteiger partial charge < -0.3 is 36.2 Å². The van der Waals surface area contributed by atoms with E-state index in [9.17, 15) is 39.3 Å². The summed E-state index contributed by atoms with van der Waals surface area (Å²) in [6.07, 6.45) is -1.47. The average molecular weight is 517 g/mol. The maximum Gasteiger partial charge on any atom is 0.238 e. The highest BCUT2D eigenvalue weighted by atomic mass is 16.3. The maximum atomic E-state index is 13.8. The van der Waals surface area contributed by atoms with Gasteiger partial charge in [-0.25, -0.2) is 0 Å². The summed E-state index contributed by atoms with van der Waals surface area (Å²) in [4.78, 5) is 68.4. The van der Waals surface area contributed by atoms with Crippen molar-refractivity contribution in [1.82, 2.24) is 9.80 Å². The van der Waals surface area contributed by atoms with E-state index in [1.807, 2.05) is 0 Å². The quantitative estimate of drug-likeness (QED) is 0.219. The van der Waals surface area contributed by atoms with Crippen molar-refractivity contribution in [1.29, 1.82) is 0 Å². The summed E-state index contributed by atoms with van der Waals surface area (Å²) in [5.74, 6) is -10.1. The summed E-state index contributed by atoms with van der Waals surface area (Å²) in [6, 6.07) is 1.73. The smallest absolute Gasteiger partial charge is 0.238 e. The lowest BCUT2D eigenvalue weighted by Gasteiger charge is -2.54. The van der Waals surface area contributed by atoms with E-state index in [4.69, 9.17) is 5.73 Å². The molecule has 0 radical (unpaired) electrons. The Morgan fingerprint density at radius 3 is 2.35 bits per heavy atom. The van der Waals surface area contributed by atoms with E-state index in [0.29, 0.717) is 11.3 Å². The number of ketones is 3. The van der Waals surface area contributed by atoms with Gasteiger partial charge in [0.25, 0.3) is 0 Å². The lowest BCUT2D eigenvalue weighted by Crippen LogP contribution is -2.75. The minimum Gasteiger partial charge on any atom is -0.507 e. The highest BCUT2D eigenvalue weighted by Gasteiger charge is 2.69. The van der Waals surface area contributed by atoms with E-state index in [2.05, 4.69) is 5.32 Å². The number of nitrogens with zero attached hydrogens (tertiary/aromatic N) is 2. The predicted molar refractivity (Wildman–Crippen MR) is 130 cm³/mol. The van der Waals surface area contributed by atoms with Crippen molar-refractivity contribution in [2.45, 2.75) is 30.6 Å². The van der Waals surface area contributed by atoms with Crippen molar-refractivity contribution in [3.63, 3.8) is 0 Å². The molecular formula is C25H32N4O8. The lowest BCUT2D eigenvalue weighted by atomic mass is 9.52. The van der Waals surface area contributed by atoms with Crippen molar-refractivity contribution in [2.24, 2.45) is 29.4 Å². The van der Waals surface area contributed by atoms with E-state index < -0.39 is 70.4 Å². The van der Waals surface area contributed by atoms with Crippen LogP contribution in [0.4, 0.5) is 5.69 Å². The molecular weight excluding hydrogens is 484 g/mol. The van der Waals surface area contributed by atoms with E-state index in [1.165, 1.54) is 17.0 Å². The van der Waals surface area contributed by atoms with E-state index in [0.717, 1.165) is 0 Å². The summed E-state index contributed by atoms with van der Waals surface area (Å²) < 4.78 is 0. The largest absolute Gasteiger partial charge is 0.507 e. The number of amides is 2. The standard InChI is InChI=1S/C25H32N4O8/c1-28(2)9-15(31)27-13-5-6-14(30)17-11(13)7-10-8-12-19(29(3)4)21(33)18(24(26)36)23(35)25(12,37)22(34)16(10)20(17)32/h5-6,10,12,16,18-19,21,30,33,37H,7-9H2,1-4H3,(H2,26,36)(H,27,31)/t10?,12?,16?,18?,19-,21?,25-/m0/s1. The molecule has 0 aliphatic heterocycles. The second kappa shape index (κ2) is 9.28. The van der Waals surface area contributed by atoms with Crippen LogP contribution in [0.5, 0.6) is 5.75 Å². The molecule has 2 saturated carbocycles. The number of rotatable bonds is 5. The molecule has 6 N–H and O–H groups in total. The number of aromatic hydroxyl groups is 1. The Bertz CT molecular complexity index is 1200. The van der Waals surface area contributed by atoms with Crippen LogP contribution >= 0.6 is 0 Å². The van der Waals surface area contributed by atoms with Gasteiger partial charge in [-0.15, -0.1) is 0 Å². The first-order chi connectivity index (χ1) is 17.2. The fourth-order valence-corrected chi connectivity index (χ4v) is 6.42. The fourth-order valence-electron chi connectivity index (χ4n) is 6.42. The van der Waals surface area contributed by atoms with Gasteiger partial charge in [-0.1, -0.05) is 0 Å². The number of likely N-dealkylation sites (N-methyl/N-ethyl adjacent to an activating group) is 2. The summed E-state index contributed by atoms with van der Waals surface area (Å²) in [5, 5.41) is 35.8. The van der Waals surface area contributed by atoms with E-state index in [1.54, 1.807) is 33.1 Å². The van der Waals surface area contributed by atoms with Gasteiger partial charge in [0.05, 0.1) is 24.1 Å². The van der Waals surface area contributed by atoms with Gasteiger partial charge in [0.2, 0.25) is 11.8 Å². The summed E-state index contributed by atoms with van der Waals surface area (Å²) in [7, 11) is 6.60. The number of aliphatic hydroxyl groups excluding tert-OH is 1. The molecule has 0 saturated heterocycles. The minimum atomic E-state index is -2.71. The first-order valence-corrected chi connectivity index (χ1v) is 12.0.